The summed E-state index contributed by atoms with van der Waals surface area (Å²) in [4.78, 5) is 25.0. The summed E-state index contributed by atoms with van der Waals surface area (Å²) in [5.41, 5.74) is 1.66. The van der Waals surface area contributed by atoms with Gasteiger partial charge in [-0.25, -0.2) is 0 Å². The van der Waals surface area contributed by atoms with E-state index < -0.39 is 0 Å². The molecule has 2 aromatic carbocycles. The Bertz CT molecular complexity index is 790. The van der Waals surface area contributed by atoms with Crippen LogP contribution in [-0.2, 0) is 0 Å². The van der Waals surface area contributed by atoms with Crippen molar-refractivity contribution < 1.29 is 14.0 Å². The minimum atomic E-state index is -0.170. The second-order valence-corrected chi connectivity index (χ2v) is 5.71. The van der Waals surface area contributed by atoms with Crippen LogP contribution in [0.2, 0.25) is 0 Å². The molecule has 0 aliphatic carbocycles. The minimum Gasteiger partial charge on any atom is -0.461 e. The second kappa shape index (κ2) is 7.55. The first-order valence-electron chi connectivity index (χ1n) is 7.94. The number of hydrogen-bond donors (Lipinski definition) is 0. The summed E-state index contributed by atoms with van der Waals surface area (Å²) in [5.74, 6) is 0.117. The van der Waals surface area contributed by atoms with Crippen LogP contribution in [0, 0.1) is 0 Å². The Morgan fingerprint density at radius 2 is 1.38 bits per heavy atom. The first kappa shape index (κ1) is 15.9. The molecule has 0 saturated carbocycles. The molecule has 1 heterocycles. The minimum absolute atomic E-state index is 0.0386. The van der Waals surface area contributed by atoms with Crippen LogP contribution in [0.3, 0.4) is 0 Å². The van der Waals surface area contributed by atoms with Crippen molar-refractivity contribution in [3.05, 3.63) is 95.9 Å². The largest absolute Gasteiger partial charge is 0.461 e. The van der Waals surface area contributed by atoms with Gasteiger partial charge in [0, 0.05) is 18.4 Å². The second-order valence-electron chi connectivity index (χ2n) is 5.71. The number of rotatable bonds is 7. The van der Waals surface area contributed by atoms with E-state index in [1.54, 1.807) is 24.3 Å². The fourth-order valence-electron chi connectivity index (χ4n) is 2.76. The van der Waals surface area contributed by atoms with Gasteiger partial charge in [-0.15, -0.1) is 0 Å². The fraction of sp³-hybridized carbons (Fsp3) is 0.143. The van der Waals surface area contributed by atoms with Crippen LogP contribution in [0.1, 0.15) is 45.2 Å². The van der Waals surface area contributed by atoms with Crippen LogP contribution in [0.5, 0.6) is 0 Å². The maximum Gasteiger partial charge on any atom is 0.198 e. The molecule has 0 aliphatic rings. The van der Waals surface area contributed by atoms with Gasteiger partial charge in [-0.3, -0.25) is 9.59 Å². The van der Waals surface area contributed by atoms with Gasteiger partial charge in [0.2, 0.25) is 0 Å². The van der Waals surface area contributed by atoms with Crippen LogP contribution < -0.4 is 0 Å². The average molecular weight is 318 g/mol. The number of carbonyl (C=O) groups is 2. The van der Waals surface area contributed by atoms with Crippen LogP contribution in [-0.4, -0.2) is 11.6 Å². The first-order chi connectivity index (χ1) is 11.7. The average Bonchev–Trinajstić information content (AvgIpc) is 3.17. The van der Waals surface area contributed by atoms with Gasteiger partial charge in [-0.1, -0.05) is 60.7 Å². The number of Topliss-reactive ketones (excluding diaryl/α,β-unsaturated/α-hetero) is 2. The Balaban J connectivity index is 1.80. The summed E-state index contributed by atoms with van der Waals surface area (Å²) in [5, 5.41) is 0. The zero-order chi connectivity index (χ0) is 16.8. The fourth-order valence-corrected chi connectivity index (χ4v) is 2.76. The van der Waals surface area contributed by atoms with E-state index in [-0.39, 0.29) is 23.9 Å². The van der Waals surface area contributed by atoms with Gasteiger partial charge in [0.15, 0.2) is 17.3 Å². The molecule has 24 heavy (non-hydrogen) atoms. The van der Waals surface area contributed by atoms with Gasteiger partial charge in [0.25, 0.3) is 0 Å². The van der Waals surface area contributed by atoms with Crippen molar-refractivity contribution in [2.24, 2.45) is 0 Å². The molecule has 0 aliphatic heterocycles. The Hall–Kier alpha value is -2.94. The van der Waals surface area contributed by atoms with Crippen molar-refractivity contribution in [2.45, 2.75) is 18.8 Å². The van der Waals surface area contributed by atoms with Crippen molar-refractivity contribution in [1.82, 2.24) is 0 Å². The highest BCUT2D eigenvalue weighted by atomic mass is 16.3. The smallest absolute Gasteiger partial charge is 0.198 e. The van der Waals surface area contributed by atoms with Crippen molar-refractivity contribution >= 4 is 11.6 Å². The Morgan fingerprint density at radius 1 is 0.750 bits per heavy atom. The zero-order valence-corrected chi connectivity index (χ0v) is 13.2. The normalized spacial score (nSPS) is 11.8. The molecule has 0 spiro atoms. The monoisotopic (exact) mass is 318 g/mol. The zero-order valence-electron chi connectivity index (χ0n) is 13.2. The molecule has 3 heteroatoms. The molecule has 0 saturated heterocycles. The molecule has 0 fully saturated rings. The lowest BCUT2D eigenvalue weighted by molar-refractivity contribution is 0.0927. The van der Waals surface area contributed by atoms with E-state index in [9.17, 15) is 9.59 Å². The lowest BCUT2D eigenvalue weighted by Crippen LogP contribution is -2.12. The van der Waals surface area contributed by atoms with Gasteiger partial charge < -0.3 is 4.42 Å². The molecule has 0 radical (unpaired) electrons. The molecule has 1 atom stereocenters. The first-order valence-corrected chi connectivity index (χ1v) is 7.94. The third-order valence-electron chi connectivity index (χ3n) is 4.03. The highest BCUT2D eigenvalue weighted by molar-refractivity contribution is 5.98. The van der Waals surface area contributed by atoms with E-state index in [4.69, 9.17) is 4.42 Å². The SMILES string of the molecule is O=C(CC(CC(=O)c1ccco1)c1ccccc1)c1ccccc1. The molecule has 0 bridgehead atoms. The van der Waals surface area contributed by atoms with Crippen LogP contribution in [0.15, 0.2) is 83.5 Å². The highest BCUT2D eigenvalue weighted by Gasteiger charge is 2.22. The summed E-state index contributed by atoms with van der Waals surface area (Å²) < 4.78 is 5.19. The van der Waals surface area contributed by atoms with E-state index in [1.165, 1.54) is 6.26 Å². The molecule has 120 valence electrons. The van der Waals surface area contributed by atoms with Gasteiger partial charge >= 0.3 is 0 Å². The third-order valence-corrected chi connectivity index (χ3v) is 4.03. The Labute approximate surface area is 140 Å². The van der Waals surface area contributed by atoms with Crippen molar-refractivity contribution in [3.8, 4) is 0 Å². The molecular weight excluding hydrogens is 300 g/mol. The summed E-state index contributed by atoms with van der Waals surface area (Å²) in [7, 11) is 0. The quantitative estimate of drug-likeness (QED) is 0.582. The Kier molecular flexibility index (Phi) is 5.02. The topological polar surface area (TPSA) is 47.3 Å². The highest BCUT2D eigenvalue weighted by Crippen LogP contribution is 2.27. The molecule has 3 rings (SSSR count). The molecule has 0 amide bonds. The standard InChI is InChI=1S/C21H18O3/c22-19(17-10-5-2-6-11-17)14-18(16-8-3-1-4-9-16)15-20(23)21-12-7-13-24-21/h1-13,18H,14-15H2. The van der Waals surface area contributed by atoms with Gasteiger partial charge in [-0.05, 0) is 23.6 Å². The molecule has 3 nitrogen and oxygen atoms in total. The Morgan fingerprint density at radius 3 is 2.00 bits per heavy atom. The lowest BCUT2D eigenvalue weighted by Gasteiger charge is -2.15. The molecule has 3 aromatic rings. The number of furan rings is 1. The van der Waals surface area contributed by atoms with Gasteiger partial charge in [0.05, 0.1) is 6.26 Å². The van der Waals surface area contributed by atoms with E-state index in [0.29, 0.717) is 17.7 Å². The number of carbonyl (C=O) groups excluding carboxylic acids is 2. The predicted molar refractivity (Wildman–Crippen MR) is 92.2 cm³/mol. The summed E-state index contributed by atoms with van der Waals surface area (Å²) in [6, 6.07) is 22.2. The molecule has 1 aromatic heterocycles. The van der Waals surface area contributed by atoms with E-state index in [0.717, 1.165) is 5.56 Å². The van der Waals surface area contributed by atoms with Gasteiger partial charge in [0.1, 0.15) is 0 Å². The molecular formula is C21H18O3. The summed E-state index contributed by atoms with van der Waals surface area (Å²) in [6.45, 7) is 0. The van der Waals surface area contributed by atoms with Crippen LogP contribution >= 0.6 is 0 Å². The molecule has 0 N–H and O–H groups in total. The van der Waals surface area contributed by atoms with Crippen molar-refractivity contribution in [2.75, 3.05) is 0 Å². The molecule has 1 unspecified atom stereocenters. The maximum atomic E-state index is 12.6. The predicted octanol–water partition coefficient (Wildman–Crippen LogP) is 4.91. The number of benzene rings is 2. The maximum absolute atomic E-state index is 12.6. The van der Waals surface area contributed by atoms with E-state index in [2.05, 4.69) is 0 Å². The number of hydrogen-bond acceptors (Lipinski definition) is 3. The van der Waals surface area contributed by atoms with Crippen LogP contribution in [0.25, 0.3) is 0 Å². The van der Waals surface area contributed by atoms with Crippen molar-refractivity contribution in [1.29, 1.82) is 0 Å². The number of ketones is 2. The van der Waals surface area contributed by atoms with Crippen molar-refractivity contribution in [3.63, 3.8) is 0 Å². The van der Waals surface area contributed by atoms with E-state index >= 15 is 0 Å². The van der Waals surface area contributed by atoms with E-state index in [1.807, 2.05) is 48.5 Å². The summed E-state index contributed by atoms with van der Waals surface area (Å²) in [6.07, 6.45) is 2.02. The lowest BCUT2D eigenvalue weighted by atomic mass is 9.87. The van der Waals surface area contributed by atoms with Crippen LogP contribution in [0.4, 0.5) is 0 Å². The van der Waals surface area contributed by atoms with Gasteiger partial charge in [-0.2, -0.15) is 0 Å². The third kappa shape index (κ3) is 3.87. The summed E-state index contributed by atoms with van der Waals surface area (Å²) >= 11 is 0.